The maximum atomic E-state index is 5.19. The van der Waals surface area contributed by atoms with Crippen molar-refractivity contribution in [2.75, 3.05) is 11.4 Å². The van der Waals surface area contributed by atoms with Gasteiger partial charge in [0.2, 0.25) is 5.95 Å². The van der Waals surface area contributed by atoms with E-state index >= 15 is 0 Å². The zero-order valence-corrected chi connectivity index (χ0v) is 11.2. The van der Waals surface area contributed by atoms with Gasteiger partial charge in [-0.1, -0.05) is 18.2 Å². The smallest absolute Gasteiger partial charge is 0.229 e. The number of hydrogen-bond donors (Lipinski definition) is 1. The van der Waals surface area contributed by atoms with E-state index in [2.05, 4.69) is 39.4 Å². The van der Waals surface area contributed by atoms with Crippen LogP contribution in [0.25, 0.3) is 0 Å². The zero-order chi connectivity index (χ0) is 12.5. The summed E-state index contributed by atoms with van der Waals surface area (Å²) in [6.07, 6.45) is 3.54. The van der Waals surface area contributed by atoms with Crippen LogP contribution in [0.5, 0.6) is 0 Å². The van der Waals surface area contributed by atoms with Crippen molar-refractivity contribution in [3.63, 3.8) is 0 Å². The summed E-state index contributed by atoms with van der Waals surface area (Å²) in [7, 11) is 1.95. The number of nitrogens with one attached hydrogen (secondary N) is 1. The van der Waals surface area contributed by atoms with E-state index < -0.39 is 0 Å². The van der Waals surface area contributed by atoms with Gasteiger partial charge in [-0.05, 0) is 43.1 Å². The standard InChI is InChI=1S/C13H16N4S/c1-16-12(14-15-13(16)18)17-9-5-4-7-10-6-2-3-8-11(10)17/h2-3,6,8H,4-5,7,9H2,1H3,(H,15,18). The molecule has 0 aliphatic carbocycles. The highest BCUT2D eigenvalue weighted by Gasteiger charge is 2.19. The maximum absolute atomic E-state index is 5.19. The molecule has 2 aromatic rings. The van der Waals surface area contributed by atoms with Crippen LogP contribution in [0.4, 0.5) is 11.6 Å². The third-order valence-electron chi connectivity index (χ3n) is 3.46. The monoisotopic (exact) mass is 260 g/mol. The molecule has 18 heavy (non-hydrogen) atoms. The van der Waals surface area contributed by atoms with E-state index in [4.69, 9.17) is 12.2 Å². The summed E-state index contributed by atoms with van der Waals surface area (Å²) < 4.78 is 2.59. The lowest BCUT2D eigenvalue weighted by Gasteiger charge is -2.23. The second-order valence-electron chi connectivity index (χ2n) is 4.63. The first kappa shape index (κ1) is 11.5. The van der Waals surface area contributed by atoms with Gasteiger partial charge < -0.3 is 4.90 Å². The molecular weight excluding hydrogens is 244 g/mol. The van der Waals surface area contributed by atoms with Crippen LogP contribution in [0.2, 0.25) is 0 Å². The van der Waals surface area contributed by atoms with Crippen molar-refractivity contribution in [1.82, 2.24) is 14.8 Å². The number of anilines is 2. The number of aromatic nitrogens is 3. The molecular formula is C13H16N4S. The van der Waals surface area contributed by atoms with Gasteiger partial charge in [0.15, 0.2) is 4.77 Å². The van der Waals surface area contributed by atoms with Gasteiger partial charge in [0.05, 0.1) is 0 Å². The fourth-order valence-electron chi connectivity index (χ4n) is 2.48. The molecule has 5 heteroatoms. The van der Waals surface area contributed by atoms with Crippen molar-refractivity contribution in [3.05, 3.63) is 34.6 Å². The van der Waals surface area contributed by atoms with Crippen molar-refractivity contribution < 1.29 is 0 Å². The molecule has 1 N–H and O–H groups in total. The molecule has 0 radical (unpaired) electrons. The Labute approximate surface area is 111 Å². The van der Waals surface area contributed by atoms with Crippen LogP contribution >= 0.6 is 12.2 Å². The quantitative estimate of drug-likeness (QED) is 0.801. The number of hydrogen-bond acceptors (Lipinski definition) is 3. The number of nitrogens with zero attached hydrogens (tertiary/aromatic N) is 3. The number of benzene rings is 1. The number of fused-ring (bicyclic) bond motifs is 1. The van der Waals surface area contributed by atoms with Crippen LogP contribution in [0.15, 0.2) is 24.3 Å². The van der Waals surface area contributed by atoms with Crippen LogP contribution in [0.3, 0.4) is 0 Å². The topological polar surface area (TPSA) is 36.9 Å². The van der Waals surface area contributed by atoms with Crippen LogP contribution < -0.4 is 4.90 Å². The molecule has 0 spiro atoms. The largest absolute Gasteiger partial charge is 0.310 e. The number of para-hydroxylation sites is 1. The second-order valence-corrected chi connectivity index (χ2v) is 5.01. The van der Waals surface area contributed by atoms with Crippen molar-refractivity contribution in [3.8, 4) is 0 Å². The Hall–Kier alpha value is -1.62. The Kier molecular flexibility index (Phi) is 2.91. The van der Waals surface area contributed by atoms with E-state index in [0.717, 1.165) is 18.9 Å². The average molecular weight is 260 g/mol. The average Bonchev–Trinajstić information content (AvgIpc) is 2.63. The first-order valence-corrected chi connectivity index (χ1v) is 6.65. The molecule has 1 aliphatic heterocycles. The van der Waals surface area contributed by atoms with Crippen LogP contribution in [0, 0.1) is 4.77 Å². The van der Waals surface area contributed by atoms with Crippen molar-refractivity contribution in [2.45, 2.75) is 19.3 Å². The van der Waals surface area contributed by atoms with E-state index in [-0.39, 0.29) is 0 Å². The Morgan fingerprint density at radius 3 is 2.89 bits per heavy atom. The predicted molar refractivity (Wildman–Crippen MR) is 74.8 cm³/mol. The lowest BCUT2D eigenvalue weighted by molar-refractivity contribution is 0.741. The van der Waals surface area contributed by atoms with Crippen molar-refractivity contribution in [1.29, 1.82) is 0 Å². The molecule has 0 unspecified atom stereocenters. The molecule has 94 valence electrons. The molecule has 1 aliphatic rings. The number of aryl methyl sites for hydroxylation is 1. The van der Waals surface area contributed by atoms with Crippen molar-refractivity contribution >= 4 is 23.9 Å². The van der Waals surface area contributed by atoms with E-state index in [1.54, 1.807) is 0 Å². The molecule has 1 aromatic heterocycles. The molecule has 1 aromatic carbocycles. The van der Waals surface area contributed by atoms with Crippen LogP contribution in [-0.2, 0) is 13.5 Å². The van der Waals surface area contributed by atoms with Gasteiger partial charge in [0.1, 0.15) is 0 Å². The summed E-state index contributed by atoms with van der Waals surface area (Å²) in [5.41, 5.74) is 2.65. The molecule has 0 saturated carbocycles. The Morgan fingerprint density at radius 1 is 1.28 bits per heavy atom. The summed E-state index contributed by atoms with van der Waals surface area (Å²) in [5.74, 6) is 0.898. The molecule has 0 amide bonds. The maximum Gasteiger partial charge on any atom is 0.229 e. The lowest BCUT2D eigenvalue weighted by Crippen LogP contribution is -2.21. The van der Waals surface area contributed by atoms with Gasteiger partial charge in [0, 0.05) is 19.3 Å². The molecule has 0 bridgehead atoms. The molecule has 2 heterocycles. The third kappa shape index (κ3) is 1.84. The fourth-order valence-corrected chi connectivity index (χ4v) is 2.61. The first-order valence-electron chi connectivity index (χ1n) is 6.24. The molecule has 0 saturated heterocycles. The van der Waals surface area contributed by atoms with Crippen LogP contribution in [0.1, 0.15) is 18.4 Å². The van der Waals surface area contributed by atoms with E-state index in [1.807, 2.05) is 11.6 Å². The molecule has 3 rings (SSSR count). The van der Waals surface area contributed by atoms with Gasteiger partial charge in [-0.3, -0.25) is 4.57 Å². The van der Waals surface area contributed by atoms with Gasteiger partial charge in [0.25, 0.3) is 0 Å². The minimum Gasteiger partial charge on any atom is -0.310 e. The minimum absolute atomic E-state index is 0.659. The minimum atomic E-state index is 0.659. The lowest BCUT2D eigenvalue weighted by atomic mass is 10.1. The summed E-state index contributed by atoms with van der Waals surface area (Å²) in [4.78, 5) is 2.26. The second kappa shape index (κ2) is 4.57. The number of H-pyrrole nitrogens is 1. The summed E-state index contributed by atoms with van der Waals surface area (Å²) in [6.45, 7) is 0.991. The highest BCUT2D eigenvalue weighted by molar-refractivity contribution is 7.71. The van der Waals surface area contributed by atoms with E-state index in [9.17, 15) is 0 Å². The van der Waals surface area contributed by atoms with Crippen LogP contribution in [-0.4, -0.2) is 21.3 Å². The fraction of sp³-hybridized carbons (Fsp3) is 0.385. The normalized spacial score (nSPS) is 15.3. The van der Waals surface area contributed by atoms with Gasteiger partial charge in [-0.25, -0.2) is 5.10 Å². The number of aromatic amines is 1. The predicted octanol–water partition coefficient (Wildman–Crippen LogP) is 2.95. The summed E-state index contributed by atoms with van der Waals surface area (Å²) in [5, 5.41) is 7.21. The molecule has 0 fully saturated rings. The molecule has 4 nitrogen and oxygen atoms in total. The Morgan fingerprint density at radius 2 is 2.11 bits per heavy atom. The van der Waals surface area contributed by atoms with Crippen molar-refractivity contribution in [2.24, 2.45) is 7.05 Å². The first-order chi connectivity index (χ1) is 8.77. The SMILES string of the molecule is Cn1c(N2CCCCc3ccccc32)n[nH]c1=S. The summed E-state index contributed by atoms with van der Waals surface area (Å²) >= 11 is 5.19. The Bertz CT molecular complexity index is 613. The van der Waals surface area contributed by atoms with E-state index in [1.165, 1.54) is 24.1 Å². The van der Waals surface area contributed by atoms with E-state index in [0.29, 0.717) is 4.77 Å². The Balaban J connectivity index is 2.12. The third-order valence-corrected chi connectivity index (χ3v) is 3.82. The summed E-state index contributed by atoms with van der Waals surface area (Å²) in [6, 6.07) is 8.55. The zero-order valence-electron chi connectivity index (χ0n) is 10.4. The van der Waals surface area contributed by atoms with Gasteiger partial charge in [-0.2, -0.15) is 0 Å². The highest BCUT2D eigenvalue weighted by Crippen LogP contribution is 2.30. The number of rotatable bonds is 1. The highest BCUT2D eigenvalue weighted by atomic mass is 32.1. The van der Waals surface area contributed by atoms with Gasteiger partial charge >= 0.3 is 0 Å². The van der Waals surface area contributed by atoms with Gasteiger partial charge in [-0.15, -0.1) is 5.10 Å². The molecule has 0 atom stereocenters.